The Labute approximate surface area is 157 Å². The Morgan fingerprint density at radius 1 is 1.30 bits per heavy atom. The lowest BCUT2D eigenvalue weighted by atomic mass is 10.1. The number of hydrogen-bond donors (Lipinski definition) is 1. The van der Waals surface area contributed by atoms with Gasteiger partial charge in [-0.05, 0) is 25.5 Å². The Kier molecular flexibility index (Phi) is 5.54. The van der Waals surface area contributed by atoms with Crippen LogP contribution in [0, 0.1) is 6.92 Å². The van der Waals surface area contributed by atoms with Crippen LogP contribution in [-0.4, -0.2) is 56.8 Å². The smallest absolute Gasteiger partial charge is 0.328 e. The molecule has 0 aliphatic carbocycles. The Balaban J connectivity index is 1.64. The lowest BCUT2D eigenvalue weighted by Crippen LogP contribution is -2.36. The SMILES string of the molecule is Cc1nccn1CCCN(C)C(=O)C1=NN(c2ccccc2)C(C(=O)O)C1. The highest BCUT2D eigenvalue weighted by Crippen LogP contribution is 2.25. The van der Waals surface area contributed by atoms with E-state index in [-0.39, 0.29) is 18.0 Å². The van der Waals surface area contributed by atoms with Crippen molar-refractivity contribution in [3.8, 4) is 0 Å². The van der Waals surface area contributed by atoms with Gasteiger partial charge in [0.2, 0.25) is 0 Å². The summed E-state index contributed by atoms with van der Waals surface area (Å²) >= 11 is 0. The predicted molar refractivity (Wildman–Crippen MR) is 102 cm³/mol. The van der Waals surface area contributed by atoms with Crippen molar-refractivity contribution in [3.05, 3.63) is 48.5 Å². The number of imidazole rings is 1. The number of aromatic nitrogens is 2. The van der Waals surface area contributed by atoms with Crippen molar-refractivity contribution in [2.45, 2.75) is 32.4 Å². The maximum absolute atomic E-state index is 12.7. The molecule has 1 unspecified atom stereocenters. The molecule has 1 aliphatic heterocycles. The number of aryl methyl sites for hydroxylation is 2. The van der Waals surface area contributed by atoms with Gasteiger partial charge in [-0.15, -0.1) is 0 Å². The third kappa shape index (κ3) is 4.16. The first-order chi connectivity index (χ1) is 13.0. The summed E-state index contributed by atoms with van der Waals surface area (Å²) in [5, 5.41) is 15.2. The Morgan fingerprint density at radius 2 is 2.04 bits per heavy atom. The number of carbonyl (C=O) groups is 2. The van der Waals surface area contributed by atoms with Crippen LogP contribution in [0.1, 0.15) is 18.7 Å². The Bertz CT molecular complexity index is 846. The molecular formula is C19H23N5O3. The van der Waals surface area contributed by atoms with Crippen LogP contribution in [0.4, 0.5) is 5.69 Å². The molecule has 2 aromatic rings. The molecule has 1 aromatic carbocycles. The molecule has 1 atom stereocenters. The van der Waals surface area contributed by atoms with E-state index in [0.29, 0.717) is 12.2 Å². The molecule has 0 saturated carbocycles. The Morgan fingerprint density at radius 3 is 2.67 bits per heavy atom. The summed E-state index contributed by atoms with van der Waals surface area (Å²) in [6, 6.07) is 8.17. The molecule has 0 radical (unpaired) electrons. The van der Waals surface area contributed by atoms with E-state index < -0.39 is 12.0 Å². The van der Waals surface area contributed by atoms with Crippen LogP contribution in [0.15, 0.2) is 47.8 Å². The number of hydrazone groups is 1. The number of para-hydroxylation sites is 1. The highest BCUT2D eigenvalue weighted by molar-refractivity contribution is 6.40. The van der Waals surface area contributed by atoms with E-state index in [1.807, 2.05) is 35.9 Å². The van der Waals surface area contributed by atoms with E-state index in [2.05, 4.69) is 10.1 Å². The third-order valence-corrected chi connectivity index (χ3v) is 4.63. The van der Waals surface area contributed by atoms with Crippen LogP contribution in [-0.2, 0) is 16.1 Å². The monoisotopic (exact) mass is 369 g/mol. The summed E-state index contributed by atoms with van der Waals surface area (Å²) in [6.45, 7) is 3.26. The van der Waals surface area contributed by atoms with Gasteiger partial charge in [0.25, 0.3) is 5.91 Å². The number of anilines is 1. The average molecular weight is 369 g/mol. The molecule has 1 aromatic heterocycles. The van der Waals surface area contributed by atoms with Crippen molar-refractivity contribution in [1.29, 1.82) is 0 Å². The molecule has 3 rings (SSSR count). The zero-order valence-corrected chi connectivity index (χ0v) is 15.4. The number of carbonyl (C=O) groups excluding carboxylic acids is 1. The topological polar surface area (TPSA) is 91.0 Å². The minimum Gasteiger partial charge on any atom is -0.480 e. The second-order valence-electron chi connectivity index (χ2n) is 6.53. The number of amides is 1. The minimum absolute atomic E-state index is 0.0913. The molecule has 2 heterocycles. The predicted octanol–water partition coefficient (Wildman–Crippen LogP) is 1.76. The average Bonchev–Trinajstić information content (AvgIpc) is 3.28. The second kappa shape index (κ2) is 8.03. The number of aliphatic carboxylic acids is 1. The first-order valence-electron chi connectivity index (χ1n) is 8.85. The fourth-order valence-electron chi connectivity index (χ4n) is 3.09. The molecule has 0 spiro atoms. The lowest BCUT2D eigenvalue weighted by Gasteiger charge is -2.19. The van der Waals surface area contributed by atoms with Crippen LogP contribution in [0.3, 0.4) is 0 Å². The summed E-state index contributed by atoms with van der Waals surface area (Å²) in [7, 11) is 1.71. The van der Waals surface area contributed by atoms with Crippen molar-refractivity contribution in [2.24, 2.45) is 5.10 Å². The Hall–Kier alpha value is -3.16. The van der Waals surface area contributed by atoms with Crippen LogP contribution < -0.4 is 5.01 Å². The van der Waals surface area contributed by atoms with Gasteiger partial charge >= 0.3 is 5.97 Å². The van der Waals surface area contributed by atoms with E-state index in [4.69, 9.17) is 0 Å². The first-order valence-corrected chi connectivity index (χ1v) is 8.85. The highest BCUT2D eigenvalue weighted by atomic mass is 16.4. The molecular weight excluding hydrogens is 346 g/mol. The zero-order chi connectivity index (χ0) is 19.4. The molecule has 0 saturated heterocycles. The summed E-state index contributed by atoms with van der Waals surface area (Å²) < 4.78 is 2.03. The molecule has 1 aliphatic rings. The van der Waals surface area contributed by atoms with Crippen LogP contribution in [0.25, 0.3) is 0 Å². The fourth-order valence-corrected chi connectivity index (χ4v) is 3.09. The maximum Gasteiger partial charge on any atom is 0.328 e. The molecule has 1 amide bonds. The van der Waals surface area contributed by atoms with Crippen LogP contribution >= 0.6 is 0 Å². The minimum atomic E-state index is -0.997. The van der Waals surface area contributed by atoms with E-state index in [0.717, 1.165) is 18.8 Å². The van der Waals surface area contributed by atoms with Gasteiger partial charge in [-0.2, -0.15) is 5.10 Å². The van der Waals surface area contributed by atoms with Gasteiger partial charge in [0.1, 0.15) is 11.5 Å². The van der Waals surface area contributed by atoms with E-state index in [1.54, 1.807) is 30.3 Å². The van der Waals surface area contributed by atoms with Crippen molar-refractivity contribution < 1.29 is 14.7 Å². The highest BCUT2D eigenvalue weighted by Gasteiger charge is 2.36. The molecule has 8 heteroatoms. The maximum atomic E-state index is 12.7. The number of hydrogen-bond acceptors (Lipinski definition) is 5. The van der Waals surface area contributed by atoms with E-state index in [9.17, 15) is 14.7 Å². The largest absolute Gasteiger partial charge is 0.480 e. The first kappa shape index (κ1) is 18.6. The molecule has 142 valence electrons. The van der Waals surface area contributed by atoms with Gasteiger partial charge in [0, 0.05) is 39.0 Å². The van der Waals surface area contributed by atoms with E-state index >= 15 is 0 Å². The molecule has 27 heavy (non-hydrogen) atoms. The molecule has 8 nitrogen and oxygen atoms in total. The van der Waals surface area contributed by atoms with E-state index in [1.165, 1.54) is 5.01 Å². The quantitative estimate of drug-likeness (QED) is 0.803. The molecule has 0 bridgehead atoms. The van der Waals surface area contributed by atoms with Crippen molar-refractivity contribution >= 4 is 23.3 Å². The van der Waals surface area contributed by atoms with Crippen LogP contribution in [0.5, 0.6) is 0 Å². The van der Waals surface area contributed by atoms with Gasteiger partial charge in [0.15, 0.2) is 6.04 Å². The fraction of sp³-hybridized carbons (Fsp3) is 0.368. The number of rotatable bonds is 7. The number of nitrogens with zero attached hydrogens (tertiary/aromatic N) is 5. The standard InChI is InChI=1S/C19H23N5O3/c1-14-20-9-12-23(14)11-6-10-22(2)18(25)16-13-17(19(26)27)24(21-16)15-7-4-3-5-8-15/h3-5,7-9,12,17H,6,10-11,13H2,1-2H3,(H,26,27). The van der Waals surface area contributed by atoms with Gasteiger partial charge < -0.3 is 14.6 Å². The van der Waals surface area contributed by atoms with Crippen molar-refractivity contribution in [2.75, 3.05) is 18.6 Å². The summed E-state index contributed by atoms with van der Waals surface area (Å²) in [5.41, 5.74) is 0.929. The summed E-state index contributed by atoms with van der Waals surface area (Å²) in [4.78, 5) is 30.1. The number of carboxylic acid groups (broad SMARTS) is 1. The van der Waals surface area contributed by atoms with Crippen molar-refractivity contribution in [1.82, 2.24) is 14.5 Å². The van der Waals surface area contributed by atoms with Crippen LogP contribution in [0.2, 0.25) is 0 Å². The second-order valence-corrected chi connectivity index (χ2v) is 6.53. The van der Waals surface area contributed by atoms with Gasteiger partial charge in [-0.25, -0.2) is 9.78 Å². The van der Waals surface area contributed by atoms with Gasteiger partial charge in [-0.1, -0.05) is 18.2 Å². The number of carboxylic acids is 1. The third-order valence-electron chi connectivity index (χ3n) is 4.63. The van der Waals surface area contributed by atoms with Crippen molar-refractivity contribution in [3.63, 3.8) is 0 Å². The zero-order valence-electron chi connectivity index (χ0n) is 15.4. The molecule has 1 N–H and O–H groups in total. The lowest BCUT2D eigenvalue weighted by molar-refractivity contribution is -0.138. The van der Waals surface area contributed by atoms with Gasteiger partial charge in [-0.3, -0.25) is 9.80 Å². The number of benzene rings is 1. The summed E-state index contributed by atoms with van der Waals surface area (Å²) in [5.74, 6) is -0.294. The molecule has 0 fully saturated rings. The summed E-state index contributed by atoms with van der Waals surface area (Å²) in [6.07, 6.45) is 4.53. The normalized spacial score (nSPS) is 16.3. The van der Waals surface area contributed by atoms with Gasteiger partial charge in [0.05, 0.1) is 5.69 Å².